The summed E-state index contributed by atoms with van der Waals surface area (Å²) in [6, 6.07) is 17.4. The van der Waals surface area contributed by atoms with Crippen LogP contribution in [-0.2, 0) is 0 Å². The number of para-hydroxylation sites is 1. The van der Waals surface area contributed by atoms with Crippen LogP contribution in [0.25, 0.3) is 11.0 Å². The zero-order valence-corrected chi connectivity index (χ0v) is 13.9. The van der Waals surface area contributed by atoms with Gasteiger partial charge in [-0.05, 0) is 36.4 Å². The van der Waals surface area contributed by atoms with Crippen LogP contribution in [0.15, 0.2) is 59.0 Å². The van der Waals surface area contributed by atoms with E-state index in [4.69, 9.17) is 16.0 Å². The summed E-state index contributed by atoms with van der Waals surface area (Å²) in [5, 5.41) is 1.49. The third-order valence-electron chi connectivity index (χ3n) is 4.38. The molecule has 1 saturated heterocycles. The number of fused-ring (bicyclic) bond motifs is 1. The van der Waals surface area contributed by atoms with Crippen LogP contribution in [0.5, 0.6) is 0 Å². The molecule has 0 spiro atoms. The normalized spacial score (nSPS) is 15.0. The van der Waals surface area contributed by atoms with E-state index in [0.717, 1.165) is 18.5 Å². The summed E-state index contributed by atoms with van der Waals surface area (Å²) >= 11 is 5.99. The standard InChI is InChI=1S/C19H17ClN2O2/c20-15-6-7-17-14(12-15)13-18(24-17)19(23)22-10-8-21(9-11-22)16-4-2-1-3-5-16/h1-7,12-13H,8-11H2. The lowest BCUT2D eigenvalue weighted by Crippen LogP contribution is -2.48. The number of hydrogen-bond acceptors (Lipinski definition) is 3. The molecular weight excluding hydrogens is 324 g/mol. The van der Waals surface area contributed by atoms with Gasteiger partial charge in [0, 0.05) is 42.3 Å². The Kier molecular flexibility index (Phi) is 3.90. The second-order valence-electron chi connectivity index (χ2n) is 5.91. The van der Waals surface area contributed by atoms with Crippen LogP contribution in [0.3, 0.4) is 0 Å². The maximum atomic E-state index is 12.7. The van der Waals surface area contributed by atoms with Gasteiger partial charge in [-0.15, -0.1) is 0 Å². The van der Waals surface area contributed by atoms with E-state index in [1.165, 1.54) is 5.69 Å². The van der Waals surface area contributed by atoms with Crippen molar-refractivity contribution in [1.82, 2.24) is 4.90 Å². The fourth-order valence-electron chi connectivity index (χ4n) is 3.08. The number of halogens is 1. The average Bonchev–Trinajstić information content (AvgIpc) is 3.05. The van der Waals surface area contributed by atoms with E-state index in [2.05, 4.69) is 17.0 Å². The zero-order valence-electron chi connectivity index (χ0n) is 13.1. The van der Waals surface area contributed by atoms with Gasteiger partial charge in [-0.25, -0.2) is 0 Å². The molecule has 0 N–H and O–H groups in total. The Balaban J connectivity index is 1.47. The highest BCUT2D eigenvalue weighted by molar-refractivity contribution is 6.31. The third kappa shape index (κ3) is 2.85. The Morgan fingerprint density at radius 2 is 1.71 bits per heavy atom. The summed E-state index contributed by atoms with van der Waals surface area (Å²) in [4.78, 5) is 16.8. The van der Waals surface area contributed by atoms with Crippen molar-refractivity contribution in [2.24, 2.45) is 0 Å². The second-order valence-corrected chi connectivity index (χ2v) is 6.34. The molecular formula is C19H17ClN2O2. The number of piperazine rings is 1. The molecule has 122 valence electrons. The SMILES string of the molecule is O=C(c1cc2cc(Cl)ccc2o1)N1CCN(c2ccccc2)CC1. The minimum atomic E-state index is -0.0602. The molecule has 0 bridgehead atoms. The van der Waals surface area contributed by atoms with E-state index in [1.54, 1.807) is 18.2 Å². The highest BCUT2D eigenvalue weighted by Crippen LogP contribution is 2.24. The topological polar surface area (TPSA) is 36.7 Å². The Morgan fingerprint density at radius 1 is 0.958 bits per heavy atom. The van der Waals surface area contributed by atoms with Crippen LogP contribution in [-0.4, -0.2) is 37.0 Å². The van der Waals surface area contributed by atoms with Gasteiger partial charge in [-0.3, -0.25) is 4.79 Å². The highest BCUT2D eigenvalue weighted by atomic mass is 35.5. The third-order valence-corrected chi connectivity index (χ3v) is 4.61. The molecule has 24 heavy (non-hydrogen) atoms. The predicted molar refractivity (Wildman–Crippen MR) is 95.8 cm³/mol. The van der Waals surface area contributed by atoms with Crippen LogP contribution in [0.4, 0.5) is 5.69 Å². The van der Waals surface area contributed by atoms with Gasteiger partial charge in [-0.2, -0.15) is 0 Å². The lowest BCUT2D eigenvalue weighted by atomic mass is 10.2. The first-order valence-electron chi connectivity index (χ1n) is 7.99. The van der Waals surface area contributed by atoms with E-state index >= 15 is 0 Å². The quantitative estimate of drug-likeness (QED) is 0.706. The lowest BCUT2D eigenvalue weighted by Gasteiger charge is -2.35. The molecule has 2 heterocycles. The summed E-state index contributed by atoms with van der Waals surface area (Å²) < 4.78 is 5.69. The van der Waals surface area contributed by atoms with Crippen molar-refractivity contribution in [2.75, 3.05) is 31.1 Å². The monoisotopic (exact) mass is 340 g/mol. The van der Waals surface area contributed by atoms with Crippen molar-refractivity contribution < 1.29 is 9.21 Å². The molecule has 1 fully saturated rings. The summed E-state index contributed by atoms with van der Waals surface area (Å²) in [5.74, 6) is 0.315. The number of furan rings is 1. The molecule has 0 radical (unpaired) electrons. The first-order valence-corrected chi connectivity index (χ1v) is 8.37. The fourth-order valence-corrected chi connectivity index (χ4v) is 3.26. The number of rotatable bonds is 2. The van der Waals surface area contributed by atoms with Gasteiger partial charge in [-0.1, -0.05) is 29.8 Å². The summed E-state index contributed by atoms with van der Waals surface area (Å²) in [6.45, 7) is 3.01. The smallest absolute Gasteiger partial charge is 0.289 e. The van der Waals surface area contributed by atoms with Crippen molar-refractivity contribution >= 4 is 34.2 Å². The number of nitrogens with zero attached hydrogens (tertiary/aromatic N) is 2. The largest absolute Gasteiger partial charge is 0.451 e. The molecule has 1 aliphatic heterocycles. The molecule has 0 unspecified atom stereocenters. The van der Waals surface area contributed by atoms with Gasteiger partial charge >= 0.3 is 0 Å². The molecule has 0 atom stereocenters. The van der Waals surface area contributed by atoms with Gasteiger partial charge in [0.15, 0.2) is 5.76 Å². The summed E-state index contributed by atoms with van der Waals surface area (Å²) in [6.07, 6.45) is 0. The Labute approximate surface area is 145 Å². The van der Waals surface area contributed by atoms with E-state index in [1.807, 2.05) is 29.2 Å². The lowest BCUT2D eigenvalue weighted by molar-refractivity contribution is 0.0717. The first kappa shape index (κ1) is 15.1. The van der Waals surface area contributed by atoms with Crippen LogP contribution in [0.2, 0.25) is 5.02 Å². The van der Waals surface area contributed by atoms with Crippen LogP contribution < -0.4 is 4.90 Å². The molecule has 4 rings (SSSR count). The van der Waals surface area contributed by atoms with Crippen LogP contribution in [0.1, 0.15) is 10.6 Å². The molecule has 2 aromatic carbocycles. The average molecular weight is 341 g/mol. The van der Waals surface area contributed by atoms with Gasteiger partial charge in [0.25, 0.3) is 5.91 Å². The number of benzene rings is 2. The number of anilines is 1. The van der Waals surface area contributed by atoms with Crippen molar-refractivity contribution in [2.45, 2.75) is 0 Å². The Morgan fingerprint density at radius 3 is 2.46 bits per heavy atom. The molecule has 0 aliphatic carbocycles. The number of hydrogen-bond donors (Lipinski definition) is 0. The molecule has 1 amide bonds. The van der Waals surface area contributed by atoms with Crippen molar-refractivity contribution in [3.63, 3.8) is 0 Å². The molecule has 0 saturated carbocycles. The Bertz CT molecular complexity index is 867. The minimum Gasteiger partial charge on any atom is -0.451 e. The maximum Gasteiger partial charge on any atom is 0.289 e. The fraction of sp³-hybridized carbons (Fsp3) is 0.211. The molecule has 5 heteroatoms. The molecule has 1 aromatic heterocycles. The predicted octanol–water partition coefficient (Wildman–Crippen LogP) is 4.05. The maximum absolute atomic E-state index is 12.7. The Hall–Kier alpha value is -2.46. The van der Waals surface area contributed by atoms with E-state index < -0.39 is 0 Å². The van der Waals surface area contributed by atoms with Crippen molar-refractivity contribution in [1.29, 1.82) is 0 Å². The van der Waals surface area contributed by atoms with Gasteiger partial charge in [0.2, 0.25) is 0 Å². The van der Waals surface area contributed by atoms with Crippen molar-refractivity contribution in [3.8, 4) is 0 Å². The van der Waals surface area contributed by atoms with Gasteiger partial charge in [0.1, 0.15) is 5.58 Å². The molecule has 1 aliphatic rings. The summed E-state index contributed by atoms with van der Waals surface area (Å²) in [5.41, 5.74) is 1.88. The van der Waals surface area contributed by atoms with Crippen molar-refractivity contribution in [3.05, 3.63) is 65.4 Å². The van der Waals surface area contributed by atoms with Gasteiger partial charge in [0.05, 0.1) is 0 Å². The zero-order chi connectivity index (χ0) is 16.5. The number of carbonyl (C=O) groups excluding carboxylic acids is 1. The highest BCUT2D eigenvalue weighted by Gasteiger charge is 2.24. The first-order chi connectivity index (χ1) is 11.7. The van der Waals surface area contributed by atoms with E-state index in [-0.39, 0.29) is 5.91 Å². The van der Waals surface area contributed by atoms with E-state index in [0.29, 0.717) is 29.5 Å². The molecule has 4 nitrogen and oxygen atoms in total. The van der Waals surface area contributed by atoms with Crippen LogP contribution >= 0.6 is 11.6 Å². The van der Waals surface area contributed by atoms with Crippen LogP contribution in [0, 0.1) is 0 Å². The summed E-state index contributed by atoms with van der Waals surface area (Å²) in [7, 11) is 0. The number of amides is 1. The van der Waals surface area contributed by atoms with Gasteiger partial charge < -0.3 is 14.2 Å². The second kappa shape index (κ2) is 6.21. The minimum absolute atomic E-state index is 0.0602. The van der Waals surface area contributed by atoms with E-state index in [9.17, 15) is 4.79 Å². The molecule has 3 aromatic rings. The number of carbonyl (C=O) groups is 1.